The highest BCUT2D eigenvalue weighted by atomic mass is 16.5. The molecule has 0 radical (unpaired) electrons. The van der Waals surface area contributed by atoms with E-state index in [1.54, 1.807) is 20.1 Å². The predicted molar refractivity (Wildman–Crippen MR) is 87.7 cm³/mol. The molecule has 4 nitrogen and oxygen atoms in total. The minimum absolute atomic E-state index is 0.00275. The van der Waals surface area contributed by atoms with Crippen molar-refractivity contribution in [2.24, 2.45) is 17.8 Å². The number of Topliss-reactive ketones (excluding diaryl/α,β-unsaturated/α-hetero) is 2. The molecule has 0 N–H and O–H groups in total. The summed E-state index contributed by atoms with van der Waals surface area (Å²) < 4.78 is 11.3. The van der Waals surface area contributed by atoms with E-state index in [4.69, 9.17) is 9.47 Å². The molecule has 3 aliphatic rings. The molecule has 2 heterocycles. The molecule has 0 aromatic heterocycles. The minimum Gasteiger partial charge on any atom is -0.496 e. The minimum atomic E-state index is -0.724. The first-order chi connectivity index (χ1) is 11.6. The van der Waals surface area contributed by atoms with Crippen molar-refractivity contribution in [3.63, 3.8) is 0 Å². The Morgan fingerprint density at radius 3 is 2.67 bits per heavy atom. The van der Waals surface area contributed by atoms with E-state index in [2.05, 4.69) is 18.8 Å². The lowest BCUT2D eigenvalue weighted by Crippen LogP contribution is -2.33. The van der Waals surface area contributed by atoms with Gasteiger partial charge in [-0.15, -0.1) is 5.92 Å². The second-order valence-corrected chi connectivity index (χ2v) is 6.97. The van der Waals surface area contributed by atoms with Crippen LogP contribution in [0.3, 0.4) is 0 Å². The van der Waals surface area contributed by atoms with E-state index in [0.717, 1.165) is 12.0 Å². The zero-order valence-electron chi connectivity index (χ0n) is 14.0. The lowest BCUT2D eigenvalue weighted by Gasteiger charge is -2.22. The fourth-order valence-electron chi connectivity index (χ4n) is 4.70. The van der Waals surface area contributed by atoms with Crippen LogP contribution in [0.4, 0.5) is 0 Å². The number of hydrogen-bond acceptors (Lipinski definition) is 4. The van der Waals surface area contributed by atoms with Gasteiger partial charge >= 0.3 is 0 Å². The zero-order valence-corrected chi connectivity index (χ0v) is 14.0. The molecule has 6 atom stereocenters. The average molecular weight is 324 g/mol. The van der Waals surface area contributed by atoms with Gasteiger partial charge in [0.05, 0.1) is 31.2 Å². The molecule has 1 saturated carbocycles. The van der Waals surface area contributed by atoms with Crippen molar-refractivity contribution in [1.29, 1.82) is 0 Å². The molecule has 4 rings (SSSR count). The first kappa shape index (κ1) is 15.4. The first-order valence-electron chi connectivity index (χ1n) is 8.40. The number of ketones is 2. The molecule has 124 valence electrons. The van der Waals surface area contributed by atoms with Crippen molar-refractivity contribution >= 4 is 11.6 Å². The number of methoxy groups -OCH3 is 1. The Kier molecular flexibility index (Phi) is 3.51. The SMILES string of the molecule is CC#Cc1ccc(C2C(=O)[C@@H]3[C@@H]4O[C@@H](C[C@@H]4C)[C@@H]3C2=O)c(OC)c1. The number of carbonyl (C=O) groups excluding carboxylic acids is 2. The van der Waals surface area contributed by atoms with Crippen LogP contribution in [0, 0.1) is 29.6 Å². The van der Waals surface area contributed by atoms with Crippen LogP contribution in [0.1, 0.15) is 37.3 Å². The second kappa shape index (κ2) is 5.46. The Morgan fingerprint density at radius 1 is 1.21 bits per heavy atom. The smallest absolute Gasteiger partial charge is 0.154 e. The Hall–Kier alpha value is -2.12. The lowest BCUT2D eigenvalue weighted by molar-refractivity contribution is -0.127. The average Bonchev–Trinajstić information content (AvgIpc) is 3.19. The van der Waals surface area contributed by atoms with E-state index in [1.165, 1.54) is 0 Å². The summed E-state index contributed by atoms with van der Waals surface area (Å²) in [5, 5.41) is 0. The predicted octanol–water partition coefficient (Wildman–Crippen LogP) is 2.34. The highest BCUT2D eigenvalue weighted by molar-refractivity contribution is 6.17. The molecule has 2 aliphatic heterocycles. The molecule has 1 unspecified atom stereocenters. The molecular formula is C20H20O4. The largest absolute Gasteiger partial charge is 0.496 e. The molecule has 4 heteroatoms. The molecule has 24 heavy (non-hydrogen) atoms. The number of rotatable bonds is 2. The maximum absolute atomic E-state index is 13.0. The van der Waals surface area contributed by atoms with Gasteiger partial charge in [-0.25, -0.2) is 0 Å². The summed E-state index contributed by atoms with van der Waals surface area (Å²) in [6.45, 7) is 3.87. The van der Waals surface area contributed by atoms with Crippen LogP contribution < -0.4 is 4.74 Å². The lowest BCUT2D eigenvalue weighted by atomic mass is 9.76. The maximum Gasteiger partial charge on any atom is 0.154 e. The molecule has 2 saturated heterocycles. The number of benzene rings is 1. The molecule has 0 amide bonds. The Balaban J connectivity index is 1.74. The summed E-state index contributed by atoms with van der Waals surface area (Å²) in [5.41, 5.74) is 1.48. The van der Waals surface area contributed by atoms with Crippen molar-refractivity contribution in [2.75, 3.05) is 7.11 Å². The zero-order chi connectivity index (χ0) is 17.0. The Bertz CT molecular complexity index is 785. The van der Waals surface area contributed by atoms with E-state index in [0.29, 0.717) is 17.2 Å². The van der Waals surface area contributed by atoms with E-state index >= 15 is 0 Å². The standard InChI is InChI=1S/C20H20O4/c1-4-5-11-6-7-12(13(9-11)23-3)15-18(21)16-14-8-10(2)20(24-14)17(16)19(15)22/h6-7,9-10,14-17,20H,8H2,1-3H3/t10-,14-,15?,16-,17+,20+/m0/s1. The van der Waals surface area contributed by atoms with Crippen LogP contribution >= 0.6 is 0 Å². The van der Waals surface area contributed by atoms with Crippen LogP contribution in [-0.2, 0) is 14.3 Å². The van der Waals surface area contributed by atoms with Gasteiger partial charge < -0.3 is 9.47 Å². The maximum atomic E-state index is 13.0. The third-order valence-electron chi connectivity index (χ3n) is 5.68. The normalized spacial score (nSPS) is 36.5. The van der Waals surface area contributed by atoms with Gasteiger partial charge in [0.1, 0.15) is 11.7 Å². The van der Waals surface area contributed by atoms with Gasteiger partial charge in [-0.3, -0.25) is 9.59 Å². The molecule has 3 fully saturated rings. The van der Waals surface area contributed by atoms with E-state index < -0.39 is 5.92 Å². The van der Waals surface area contributed by atoms with Gasteiger partial charge in [-0.2, -0.15) is 0 Å². The molecule has 1 aromatic rings. The molecule has 0 spiro atoms. The topological polar surface area (TPSA) is 52.6 Å². The fraction of sp³-hybridized carbons (Fsp3) is 0.500. The van der Waals surface area contributed by atoms with E-state index in [1.807, 2.05) is 12.1 Å². The van der Waals surface area contributed by atoms with E-state index in [9.17, 15) is 9.59 Å². The highest BCUT2D eigenvalue weighted by Crippen LogP contribution is 2.54. The third kappa shape index (κ3) is 1.98. The summed E-state index contributed by atoms with van der Waals surface area (Å²) in [4.78, 5) is 26.0. The van der Waals surface area contributed by atoms with Crippen LogP contribution in [0.5, 0.6) is 5.75 Å². The number of fused-ring (bicyclic) bond motifs is 5. The monoisotopic (exact) mass is 324 g/mol. The van der Waals surface area contributed by atoms with Gasteiger partial charge in [0.25, 0.3) is 0 Å². The van der Waals surface area contributed by atoms with Crippen molar-refractivity contribution in [2.45, 2.75) is 38.4 Å². The number of carbonyl (C=O) groups is 2. The van der Waals surface area contributed by atoms with E-state index in [-0.39, 0.29) is 35.6 Å². The van der Waals surface area contributed by atoms with Gasteiger partial charge in [0.2, 0.25) is 0 Å². The first-order valence-corrected chi connectivity index (χ1v) is 8.40. The van der Waals surface area contributed by atoms with Crippen molar-refractivity contribution < 1.29 is 19.1 Å². The number of ether oxygens (including phenoxy) is 2. The second-order valence-electron chi connectivity index (χ2n) is 6.97. The van der Waals surface area contributed by atoms with Crippen LogP contribution in [0.2, 0.25) is 0 Å². The summed E-state index contributed by atoms with van der Waals surface area (Å²) >= 11 is 0. The summed E-state index contributed by atoms with van der Waals surface area (Å²) in [5.74, 6) is 5.43. The van der Waals surface area contributed by atoms with Crippen molar-refractivity contribution in [3.8, 4) is 17.6 Å². The Morgan fingerprint density at radius 2 is 1.96 bits per heavy atom. The molecular weight excluding hydrogens is 304 g/mol. The highest BCUT2D eigenvalue weighted by Gasteiger charge is 2.65. The molecule has 1 aromatic carbocycles. The molecule has 2 bridgehead atoms. The third-order valence-corrected chi connectivity index (χ3v) is 5.68. The summed E-state index contributed by atoms with van der Waals surface area (Å²) in [6.07, 6.45) is 0.685. The quantitative estimate of drug-likeness (QED) is 0.619. The molecule has 1 aliphatic carbocycles. The van der Waals surface area contributed by atoms with Gasteiger partial charge in [-0.05, 0) is 31.4 Å². The Labute approximate surface area is 141 Å². The van der Waals surface area contributed by atoms with Gasteiger partial charge in [-0.1, -0.05) is 18.9 Å². The summed E-state index contributed by atoms with van der Waals surface area (Å²) in [7, 11) is 1.56. The van der Waals surface area contributed by atoms with Gasteiger partial charge in [0, 0.05) is 11.1 Å². The van der Waals surface area contributed by atoms with Crippen molar-refractivity contribution in [1.82, 2.24) is 0 Å². The number of hydrogen-bond donors (Lipinski definition) is 0. The van der Waals surface area contributed by atoms with Gasteiger partial charge in [0.15, 0.2) is 11.6 Å². The van der Waals surface area contributed by atoms with Crippen LogP contribution in [0.15, 0.2) is 18.2 Å². The van der Waals surface area contributed by atoms with Crippen molar-refractivity contribution in [3.05, 3.63) is 29.3 Å². The van der Waals surface area contributed by atoms with Crippen LogP contribution in [0.25, 0.3) is 0 Å². The summed E-state index contributed by atoms with van der Waals surface area (Å²) in [6, 6.07) is 5.46. The fourth-order valence-corrected chi connectivity index (χ4v) is 4.70. The van der Waals surface area contributed by atoms with Crippen LogP contribution in [-0.4, -0.2) is 30.9 Å².